The Morgan fingerprint density at radius 2 is 2.19 bits per heavy atom. The highest BCUT2D eigenvalue weighted by atomic mass is 16.2. The van der Waals surface area contributed by atoms with E-state index in [1.165, 1.54) is 0 Å². The third kappa shape index (κ3) is 5.25. The molecule has 1 aromatic rings. The monoisotopic (exact) mass is 430 g/mol. The maximum atomic E-state index is 13.1. The number of hydrogen-bond acceptors (Lipinski definition) is 7. The van der Waals surface area contributed by atoms with E-state index in [9.17, 15) is 19.6 Å². The number of nitriles is 1. The smallest absolute Gasteiger partial charge is 0.261 e. The van der Waals surface area contributed by atoms with Gasteiger partial charge in [0.2, 0.25) is 11.8 Å². The molecule has 3 N–H and O–H groups in total. The zero-order valence-corrected chi connectivity index (χ0v) is 18.2. The lowest BCUT2D eigenvalue weighted by Gasteiger charge is -2.30. The van der Waals surface area contributed by atoms with Gasteiger partial charge < -0.3 is 15.5 Å². The molecule has 2 saturated heterocycles. The second-order valence-electron chi connectivity index (χ2n) is 8.47. The summed E-state index contributed by atoms with van der Waals surface area (Å²) >= 11 is 0. The lowest BCUT2D eigenvalue weighted by molar-refractivity contribution is -0.140. The zero-order valence-electron chi connectivity index (χ0n) is 18.2. The number of likely N-dealkylation sites (tertiary alicyclic amines) is 1. The Morgan fingerprint density at radius 1 is 1.42 bits per heavy atom. The average molecular weight is 431 g/mol. The van der Waals surface area contributed by atoms with Crippen LogP contribution in [0, 0.1) is 23.3 Å². The lowest BCUT2D eigenvalue weighted by atomic mass is 10.0. The molecule has 31 heavy (non-hydrogen) atoms. The molecule has 0 aromatic carbocycles. The summed E-state index contributed by atoms with van der Waals surface area (Å²) in [5, 5.41) is 20.6. The van der Waals surface area contributed by atoms with Crippen LogP contribution in [0.15, 0.2) is 12.3 Å². The molecule has 0 unspecified atom stereocenters. The Morgan fingerprint density at radius 3 is 2.77 bits per heavy atom. The first kappa shape index (κ1) is 22.4. The Balaban J connectivity index is 1.66. The van der Waals surface area contributed by atoms with Crippen molar-refractivity contribution < 1.29 is 14.4 Å². The lowest BCUT2D eigenvalue weighted by Crippen LogP contribution is -2.54. The van der Waals surface area contributed by atoms with E-state index < -0.39 is 18.0 Å². The van der Waals surface area contributed by atoms with Gasteiger partial charge in [-0.25, -0.2) is 5.01 Å². The number of carbonyl (C=O) groups excluding carboxylic acids is 3. The van der Waals surface area contributed by atoms with Crippen LogP contribution in [-0.4, -0.2) is 69.1 Å². The van der Waals surface area contributed by atoms with Crippen LogP contribution in [0.4, 0.5) is 5.82 Å². The quantitative estimate of drug-likeness (QED) is 0.280. The van der Waals surface area contributed by atoms with E-state index in [0.29, 0.717) is 32.4 Å². The topological polar surface area (TPSA) is 135 Å². The molecule has 2 aliphatic rings. The van der Waals surface area contributed by atoms with Crippen LogP contribution in [0.5, 0.6) is 0 Å². The first-order valence-electron chi connectivity index (χ1n) is 10.6. The van der Waals surface area contributed by atoms with E-state index in [-0.39, 0.29) is 30.2 Å². The summed E-state index contributed by atoms with van der Waals surface area (Å²) in [4.78, 5) is 39.5. The van der Waals surface area contributed by atoms with Crippen LogP contribution in [0.25, 0.3) is 0 Å². The van der Waals surface area contributed by atoms with Crippen molar-refractivity contribution in [2.45, 2.75) is 45.2 Å². The molecule has 2 fully saturated rings. The van der Waals surface area contributed by atoms with E-state index in [2.05, 4.69) is 21.2 Å². The van der Waals surface area contributed by atoms with Crippen LogP contribution >= 0.6 is 0 Å². The van der Waals surface area contributed by atoms with Gasteiger partial charge in [0.05, 0.1) is 18.7 Å². The molecule has 0 bridgehead atoms. The number of aryl methyl sites for hydroxylation is 1. The van der Waals surface area contributed by atoms with E-state index in [4.69, 9.17) is 0 Å². The van der Waals surface area contributed by atoms with Crippen LogP contribution in [0.2, 0.25) is 0 Å². The van der Waals surface area contributed by atoms with Crippen molar-refractivity contribution in [1.82, 2.24) is 30.4 Å². The summed E-state index contributed by atoms with van der Waals surface area (Å²) in [6.45, 7) is 5.09. The maximum absolute atomic E-state index is 13.1. The van der Waals surface area contributed by atoms with Gasteiger partial charge in [-0.3, -0.25) is 24.5 Å². The van der Waals surface area contributed by atoms with Gasteiger partial charge in [0.25, 0.3) is 5.91 Å². The molecule has 3 amide bonds. The summed E-state index contributed by atoms with van der Waals surface area (Å²) in [7, 11) is 1.79. The standard InChI is InChI=1S/C20H30N8O3/c1-13(2)10-16(19(30)25-27(12-21)11-14-4-7-22-18(14)29)28-9-6-15(20(28)31)24-17-5-8-23-26(17)3/h5,8,13-16,24H,4,6-7,9-11H2,1-3H3,(H,22,29)(H,25,30)/t14-,15-,16-/m0/s1. The third-order valence-electron chi connectivity index (χ3n) is 5.69. The fourth-order valence-electron chi connectivity index (χ4n) is 4.02. The number of hydrazine groups is 1. The Labute approximate surface area is 181 Å². The molecule has 168 valence electrons. The number of aromatic nitrogens is 2. The fraction of sp³-hybridized carbons (Fsp3) is 0.650. The van der Waals surface area contributed by atoms with Gasteiger partial charge in [-0.1, -0.05) is 13.8 Å². The van der Waals surface area contributed by atoms with Crippen molar-refractivity contribution in [2.75, 3.05) is 25.0 Å². The number of nitrogens with zero attached hydrogens (tertiary/aromatic N) is 5. The van der Waals surface area contributed by atoms with Crippen molar-refractivity contribution in [3.05, 3.63) is 12.3 Å². The van der Waals surface area contributed by atoms with Gasteiger partial charge >= 0.3 is 0 Å². The van der Waals surface area contributed by atoms with Crippen LogP contribution in [0.1, 0.15) is 33.1 Å². The minimum atomic E-state index is -0.695. The summed E-state index contributed by atoms with van der Waals surface area (Å²) in [5.74, 6) is -0.125. The second-order valence-corrected chi connectivity index (χ2v) is 8.47. The molecular formula is C20H30N8O3. The van der Waals surface area contributed by atoms with Crippen molar-refractivity contribution in [3.63, 3.8) is 0 Å². The maximum Gasteiger partial charge on any atom is 0.261 e. The van der Waals surface area contributed by atoms with Crippen LogP contribution in [0.3, 0.4) is 0 Å². The number of nitrogens with one attached hydrogen (secondary N) is 3. The van der Waals surface area contributed by atoms with Crippen molar-refractivity contribution in [3.8, 4) is 6.19 Å². The molecule has 1 aromatic heterocycles. The highest BCUT2D eigenvalue weighted by Crippen LogP contribution is 2.22. The minimum absolute atomic E-state index is 0.112. The molecule has 11 heteroatoms. The largest absolute Gasteiger partial charge is 0.359 e. The normalized spacial score (nSPS) is 21.7. The van der Waals surface area contributed by atoms with Gasteiger partial charge in [0.1, 0.15) is 17.9 Å². The van der Waals surface area contributed by atoms with E-state index in [1.807, 2.05) is 20.0 Å². The molecule has 3 atom stereocenters. The minimum Gasteiger partial charge on any atom is -0.359 e. The van der Waals surface area contributed by atoms with Crippen LogP contribution in [-0.2, 0) is 21.4 Å². The molecule has 2 aliphatic heterocycles. The molecule has 0 aliphatic carbocycles. The summed E-state index contributed by atoms with van der Waals surface area (Å²) < 4.78 is 1.65. The Kier molecular flexibility index (Phi) is 6.99. The highest BCUT2D eigenvalue weighted by Gasteiger charge is 2.40. The highest BCUT2D eigenvalue weighted by molar-refractivity contribution is 5.92. The summed E-state index contributed by atoms with van der Waals surface area (Å²) in [6.07, 6.45) is 5.24. The molecule has 3 heterocycles. The second kappa shape index (κ2) is 9.68. The SMILES string of the molecule is CC(C)C[C@@H](C(=O)NN(C#N)C[C@@H]1CCNC1=O)N1CC[C@H](Nc2ccnn2C)C1=O. The van der Waals surface area contributed by atoms with Gasteiger partial charge in [-0.05, 0) is 25.2 Å². The first-order chi connectivity index (χ1) is 14.8. The zero-order chi connectivity index (χ0) is 22.5. The summed E-state index contributed by atoms with van der Waals surface area (Å²) in [6, 6.07) is 0.657. The molecule has 3 rings (SSSR count). The summed E-state index contributed by atoms with van der Waals surface area (Å²) in [5.41, 5.74) is 2.61. The van der Waals surface area contributed by atoms with Crippen LogP contribution < -0.4 is 16.1 Å². The Hall–Kier alpha value is -3.29. The van der Waals surface area contributed by atoms with Crippen molar-refractivity contribution in [1.29, 1.82) is 5.26 Å². The predicted octanol–water partition coefficient (Wildman–Crippen LogP) is -0.202. The Bertz CT molecular complexity index is 861. The number of hydrogen-bond donors (Lipinski definition) is 3. The van der Waals surface area contributed by atoms with Gasteiger partial charge in [0.15, 0.2) is 6.19 Å². The molecule has 0 saturated carbocycles. The van der Waals surface area contributed by atoms with Crippen molar-refractivity contribution in [2.24, 2.45) is 18.9 Å². The van der Waals surface area contributed by atoms with E-state index in [0.717, 1.165) is 10.8 Å². The van der Waals surface area contributed by atoms with E-state index >= 15 is 0 Å². The molecule has 11 nitrogen and oxygen atoms in total. The fourth-order valence-corrected chi connectivity index (χ4v) is 4.02. The van der Waals surface area contributed by atoms with Crippen molar-refractivity contribution >= 4 is 23.5 Å². The number of rotatable bonds is 9. The number of amides is 3. The molecule has 0 spiro atoms. The molecule has 0 radical (unpaired) electrons. The average Bonchev–Trinajstić information content (AvgIpc) is 3.42. The van der Waals surface area contributed by atoms with E-state index in [1.54, 1.807) is 28.9 Å². The number of anilines is 1. The predicted molar refractivity (Wildman–Crippen MR) is 112 cm³/mol. The number of carbonyl (C=O) groups is 3. The van der Waals surface area contributed by atoms with Gasteiger partial charge in [0, 0.05) is 26.2 Å². The van der Waals surface area contributed by atoms with Gasteiger partial charge in [-0.2, -0.15) is 10.4 Å². The van der Waals surface area contributed by atoms with Gasteiger partial charge in [-0.15, -0.1) is 0 Å². The third-order valence-corrected chi connectivity index (χ3v) is 5.69. The molecular weight excluding hydrogens is 400 g/mol. The first-order valence-corrected chi connectivity index (χ1v) is 10.6.